The van der Waals surface area contributed by atoms with Gasteiger partial charge in [0, 0.05) is 0 Å². The molecule has 0 saturated heterocycles. The minimum atomic E-state index is 0. The van der Waals surface area contributed by atoms with Crippen molar-refractivity contribution in [2.45, 2.75) is 13.3 Å². The Bertz CT molecular complexity index is 807. The predicted molar refractivity (Wildman–Crippen MR) is 81.2 cm³/mol. The van der Waals surface area contributed by atoms with Crippen molar-refractivity contribution in [2.75, 3.05) is 13.2 Å². The van der Waals surface area contributed by atoms with E-state index in [0.29, 0.717) is 6.61 Å². The first kappa shape index (κ1) is 20.4. The normalized spacial score (nSPS) is 15.1. The second kappa shape index (κ2) is 8.49. The van der Waals surface area contributed by atoms with Gasteiger partial charge in [-0.05, 0) is 0 Å². The summed E-state index contributed by atoms with van der Waals surface area (Å²) in [4.78, 5) is 0. The standard InChI is InChI=1S/C18H17O2.2ClH.Zr/c1-12-7-8-15-11-16(20-10-9-19)18(17(15)13(12)2)14-5-3-4-6-14;;;/h3-5,7-8,19H,2,6,9-10H2,1H3;2*1H;/q;;;+2/p-2. The van der Waals surface area contributed by atoms with Crippen LogP contribution in [0.3, 0.4) is 0 Å². The Morgan fingerprint density at radius 1 is 1.30 bits per heavy atom. The maximum Gasteiger partial charge on any atom is -1.00 e. The maximum atomic E-state index is 9.09. The summed E-state index contributed by atoms with van der Waals surface area (Å²) in [5.41, 5.74) is 4.88. The van der Waals surface area contributed by atoms with Crippen molar-refractivity contribution in [2.24, 2.45) is 0 Å². The third-order valence-corrected chi connectivity index (χ3v) is 5.17. The second-order valence-electron chi connectivity index (χ2n) is 5.26. The molecule has 0 amide bonds. The number of fused-ring (bicyclic) bond motifs is 1. The van der Waals surface area contributed by atoms with Gasteiger partial charge in [-0.3, -0.25) is 0 Å². The molecule has 0 atom stereocenters. The van der Waals surface area contributed by atoms with Gasteiger partial charge in [-0.1, -0.05) is 0 Å². The van der Waals surface area contributed by atoms with Crippen LogP contribution < -0.4 is 35.3 Å². The Balaban J connectivity index is 0.00000132. The molecule has 0 saturated carbocycles. The van der Waals surface area contributed by atoms with Crippen LogP contribution in [-0.4, -0.2) is 18.3 Å². The molecule has 119 valence electrons. The number of aliphatic hydroxyl groups excluding tert-OH is 1. The van der Waals surface area contributed by atoms with Crippen LogP contribution >= 0.6 is 0 Å². The minimum Gasteiger partial charge on any atom is -1.00 e. The summed E-state index contributed by atoms with van der Waals surface area (Å²) in [6.45, 7) is 6.73. The summed E-state index contributed by atoms with van der Waals surface area (Å²) in [5.74, 6) is 0.933. The number of benzene rings is 1. The first-order valence-electron chi connectivity index (χ1n) is 7.04. The Hall–Kier alpha value is -0.597. The first-order chi connectivity index (χ1) is 10.1. The number of hydrogen-bond donors (Lipinski definition) is 1. The van der Waals surface area contributed by atoms with E-state index >= 15 is 0 Å². The van der Waals surface area contributed by atoms with Crippen molar-refractivity contribution in [1.29, 1.82) is 0 Å². The van der Waals surface area contributed by atoms with Gasteiger partial charge < -0.3 is 24.8 Å². The zero-order valence-corrected chi connectivity index (χ0v) is 16.8. The fourth-order valence-corrected chi connectivity index (χ4v) is 3.83. The van der Waals surface area contributed by atoms with Crippen molar-refractivity contribution >= 4 is 15.4 Å². The molecule has 0 aliphatic heterocycles. The largest absolute Gasteiger partial charge is 1.00 e. The summed E-state index contributed by atoms with van der Waals surface area (Å²) in [6, 6.07) is 4.29. The number of rotatable bonds is 4. The Kier molecular flexibility index (Phi) is 7.54. The molecule has 3 rings (SSSR count). The van der Waals surface area contributed by atoms with E-state index in [1.807, 2.05) is 0 Å². The molecule has 2 aliphatic rings. The predicted octanol–water partition coefficient (Wildman–Crippen LogP) is -4.31. The van der Waals surface area contributed by atoms with Gasteiger partial charge in [0.15, 0.2) is 0 Å². The van der Waals surface area contributed by atoms with Crippen LogP contribution in [0.25, 0.3) is 15.4 Å². The molecule has 0 fully saturated rings. The summed E-state index contributed by atoms with van der Waals surface area (Å²) in [5, 5.41) is 11.4. The number of aryl methyl sites for hydroxylation is 1. The van der Waals surface area contributed by atoms with Crippen LogP contribution in [-0.2, 0) is 29.5 Å². The van der Waals surface area contributed by atoms with E-state index in [0.717, 1.165) is 17.4 Å². The topological polar surface area (TPSA) is 29.5 Å². The summed E-state index contributed by atoms with van der Waals surface area (Å²) < 4.78 is 7.11. The molecule has 1 aromatic rings. The summed E-state index contributed by atoms with van der Waals surface area (Å²) in [7, 11) is 0. The summed E-state index contributed by atoms with van der Waals surface area (Å²) in [6.07, 6.45) is 7.33. The minimum absolute atomic E-state index is 0. The fraction of sp³-hybridized carbons (Fsp3) is 0.222. The van der Waals surface area contributed by atoms with Crippen LogP contribution in [0.2, 0.25) is 0 Å². The number of allylic oxidation sites excluding steroid dienone is 4. The average Bonchev–Trinajstić information content (AvgIpc) is 3.08. The zero-order chi connectivity index (χ0) is 15.0. The van der Waals surface area contributed by atoms with Crippen molar-refractivity contribution in [3.05, 3.63) is 63.3 Å². The van der Waals surface area contributed by atoms with E-state index < -0.39 is 0 Å². The van der Waals surface area contributed by atoms with Gasteiger partial charge in [0.25, 0.3) is 0 Å². The Labute approximate surface area is 164 Å². The van der Waals surface area contributed by atoms with E-state index in [4.69, 9.17) is 9.84 Å². The average molecular weight is 427 g/mol. The molecule has 2 aliphatic carbocycles. The molecule has 0 aromatic heterocycles. The van der Waals surface area contributed by atoms with Gasteiger partial charge in [0.05, 0.1) is 0 Å². The van der Waals surface area contributed by atoms with Gasteiger partial charge in [0.1, 0.15) is 0 Å². The molecular formula is C18H17Cl2O2Zr. The van der Waals surface area contributed by atoms with Gasteiger partial charge in [-0.15, -0.1) is 0 Å². The zero-order valence-electron chi connectivity index (χ0n) is 12.8. The molecule has 0 spiro atoms. The van der Waals surface area contributed by atoms with Crippen LogP contribution in [0.5, 0.6) is 0 Å². The van der Waals surface area contributed by atoms with Crippen LogP contribution in [0, 0.1) is 6.92 Å². The van der Waals surface area contributed by atoms with Crippen molar-refractivity contribution < 1.29 is 59.4 Å². The van der Waals surface area contributed by atoms with Gasteiger partial charge in [-0.25, -0.2) is 0 Å². The molecule has 0 bridgehead atoms. The molecule has 23 heavy (non-hydrogen) atoms. The fourth-order valence-electron chi connectivity index (χ4n) is 2.84. The molecule has 1 N–H and O–H groups in total. The smallest absolute Gasteiger partial charge is 1.00 e. The van der Waals surface area contributed by atoms with Gasteiger partial charge in [-0.2, -0.15) is 0 Å². The van der Waals surface area contributed by atoms with Gasteiger partial charge >= 0.3 is 140 Å². The summed E-state index contributed by atoms with van der Waals surface area (Å²) >= 11 is 1.32. The third-order valence-electron chi connectivity index (χ3n) is 3.95. The van der Waals surface area contributed by atoms with Crippen molar-refractivity contribution in [3.63, 3.8) is 0 Å². The van der Waals surface area contributed by atoms with Crippen LogP contribution in [0.1, 0.15) is 17.5 Å². The molecule has 0 unspecified atom stereocenters. The maximum absolute atomic E-state index is 9.09. The quantitative estimate of drug-likeness (QED) is 0.527. The second-order valence-corrected chi connectivity index (χ2v) is 6.49. The molecular weight excluding hydrogens is 410 g/mol. The molecule has 0 heterocycles. The number of halogens is 2. The molecule has 1 aromatic carbocycles. The number of aliphatic hydroxyl groups is 1. The van der Waals surface area contributed by atoms with E-state index in [1.165, 1.54) is 55.5 Å². The van der Waals surface area contributed by atoms with Crippen molar-refractivity contribution in [3.8, 4) is 0 Å². The van der Waals surface area contributed by atoms with E-state index in [9.17, 15) is 0 Å². The Morgan fingerprint density at radius 2 is 2.04 bits per heavy atom. The van der Waals surface area contributed by atoms with Crippen LogP contribution in [0.4, 0.5) is 0 Å². The number of hydrogen-bond acceptors (Lipinski definition) is 2. The first-order valence-corrected chi connectivity index (χ1v) is 8.27. The van der Waals surface area contributed by atoms with Crippen LogP contribution in [0.15, 0.2) is 41.7 Å². The van der Waals surface area contributed by atoms with Gasteiger partial charge in [0.2, 0.25) is 0 Å². The number of ether oxygens (including phenoxy) is 1. The van der Waals surface area contributed by atoms with E-state index in [-0.39, 0.29) is 31.4 Å². The SMILES string of the molecule is C=c1c(C)ccc2c1=C(C1=CC=CC1)C(OCCO)=[C]2[Zr+2].[Cl-].[Cl-]. The third kappa shape index (κ3) is 3.59. The van der Waals surface area contributed by atoms with E-state index in [2.05, 4.69) is 43.9 Å². The molecule has 5 heteroatoms. The van der Waals surface area contributed by atoms with E-state index in [1.54, 1.807) is 0 Å². The van der Waals surface area contributed by atoms with Crippen molar-refractivity contribution in [1.82, 2.24) is 0 Å². The molecule has 2 nitrogen and oxygen atoms in total. The monoisotopic (exact) mass is 425 g/mol. The molecule has 0 radical (unpaired) electrons. The Morgan fingerprint density at radius 3 is 2.65 bits per heavy atom.